The molecular formula is C19H24N2O3. The Kier molecular flexibility index (Phi) is 5.39. The Balaban J connectivity index is 1.65. The molecule has 1 aromatic carbocycles. The molecule has 0 bridgehead atoms. The first kappa shape index (κ1) is 16.8. The van der Waals surface area contributed by atoms with Crippen LogP contribution in [-0.2, 0) is 9.53 Å². The second-order valence-electron chi connectivity index (χ2n) is 6.37. The predicted molar refractivity (Wildman–Crippen MR) is 90.9 cm³/mol. The van der Waals surface area contributed by atoms with Crippen LogP contribution < -0.4 is 15.6 Å². The van der Waals surface area contributed by atoms with E-state index in [1.165, 1.54) is 12.8 Å². The van der Waals surface area contributed by atoms with Gasteiger partial charge in [-0.1, -0.05) is 17.9 Å². The van der Waals surface area contributed by atoms with E-state index in [2.05, 4.69) is 22.7 Å². The summed E-state index contributed by atoms with van der Waals surface area (Å²) in [6.07, 6.45) is 3.13. The maximum atomic E-state index is 12.1. The molecule has 24 heavy (non-hydrogen) atoms. The second-order valence-corrected chi connectivity index (χ2v) is 6.37. The first-order chi connectivity index (χ1) is 11.7. The Hall–Kier alpha value is -2.03. The van der Waals surface area contributed by atoms with Crippen molar-refractivity contribution >= 4 is 5.97 Å². The van der Waals surface area contributed by atoms with E-state index in [1.807, 2.05) is 31.2 Å². The fourth-order valence-electron chi connectivity index (χ4n) is 2.74. The van der Waals surface area contributed by atoms with Gasteiger partial charge in [-0.3, -0.25) is 10.2 Å². The lowest BCUT2D eigenvalue weighted by Gasteiger charge is -2.20. The van der Waals surface area contributed by atoms with Gasteiger partial charge in [-0.05, 0) is 50.8 Å². The lowest BCUT2D eigenvalue weighted by atomic mass is 10.0. The fraction of sp³-hybridized carbons (Fsp3) is 0.526. The van der Waals surface area contributed by atoms with E-state index in [0.29, 0.717) is 12.4 Å². The molecule has 128 valence electrons. The minimum Gasteiger partial charge on any atom is -0.473 e. The molecule has 1 aliphatic heterocycles. The highest BCUT2D eigenvalue weighted by Gasteiger charge is 2.41. The number of hydrogen-bond donors (Lipinski definition) is 2. The largest absolute Gasteiger partial charge is 0.473 e. The highest BCUT2D eigenvalue weighted by Crippen LogP contribution is 2.31. The summed E-state index contributed by atoms with van der Waals surface area (Å²) < 4.78 is 11.1. The molecule has 2 fully saturated rings. The van der Waals surface area contributed by atoms with E-state index in [4.69, 9.17) is 9.47 Å². The van der Waals surface area contributed by atoms with Crippen molar-refractivity contribution in [2.24, 2.45) is 11.8 Å². The van der Waals surface area contributed by atoms with Crippen LogP contribution in [-0.4, -0.2) is 24.8 Å². The molecule has 3 unspecified atom stereocenters. The quantitative estimate of drug-likeness (QED) is 0.641. The van der Waals surface area contributed by atoms with Gasteiger partial charge in [-0.25, -0.2) is 5.43 Å². The zero-order valence-corrected chi connectivity index (χ0v) is 14.2. The number of carbonyl (C=O) groups is 1. The Morgan fingerprint density at radius 1 is 1.33 bits per heavy atom. The van der Waals surface area contributed by atoms with Gasteiger partial charge in [0.15, 0.2) is 6.23 Å². The number of rotatable bonds is 5. The minimum absolute atomic E-state index is 0.0597. The Bertz CT molecular complexity index is 646. The molecule has 5 nitrogen and oxygen atoms in total. The van der Waals surface area contributed by atoms with Crippen LogP contribution in [0.15, 0.2) is 24.3 Å². The number of carbonyl (C=O) groups excluding carboxylic acids is 1. The number of benzene rings is 1. The normalized spacial score (nSPS) is 25.7. The van der Waals surface area contributed by atoms with E-state index >= 15 is 0 Å². The molecule has 1 aliphatic carbocycles. The molecule has 2 N–H and O–H groups in total. The van der Waals surface area contributed by atoms with E-state index in [1.54, 1.807) is 6.92 Å². The van der Waals surface area contributed by atoms with Gasteiger partial charge in [0.1, 0.15) is 11.7 Å². The topological polar surface area (TPSA) is 59.6 Å². The molecule has 1 saturated heterocycles. The summed E-state index contributed by atoms with van der Waals surface area (Å²) in [7, 11) is 0. The zero-order chi connectivity index (χ0) is 16.9. The minimum atomic E-state index is -0.464. The number of hydrazine groups is 1. The van der Waals surface area contributed by atoms with Crippen molar-refractivity contribution in [1.29, 1.82) is 0 Å². The van der Waals surface area contributed by atoms with Crippen LogP contribution in [0.2, 0.25) is 0 Å². The molecule has 0 amide bonds. The molecule has 0 spiro atoms. The summed E-state index contributed by atoms with van der Waals surface area (Å²) in [5.74, 6) is 7.26. The van der Waals surface area contributed by atoms with Gasteiger partial charge in [0.25, 0.3) is 0 Å². The maximum Gasteiger partial charge on any atom is 0.315 e. The standard InChI is InChI=1S/C19H24N2O3/c1-3-23-19(22)17-13(2)20-21-18(17)24-16-9-5-8-15(12-16)7-4-6-14-10-11-14/h5,8-9,12-14,17-18,20-21H,3,6,10-11H2,1-2H3. The predicted octanol–water partition coefficient (Wildman–Crippen LogP) is 2.22. The van der Waals surface area contributed by atoms with E-state index < -0.39 is 12.1 Å². The summed E-state index contributed by atoms with van der Waals surface area (Å²) in [6.45, 7) is 4.09. The third-order valence-electron chi connectivity index (χ3n) is 4.29. The van der Waals surface area contributed by atoms with Crippen molar-refractivity contribution in [3.63, 3.8) is 0 Å². The Labute approximate surface area is 143 Å². The maximum absolute atomic E-state index is 12.1. The molecule has 1 heterocycles. The van der Waals surface area contributed by atoms with Gasteiger partial charge in [0, 0.05) is 18.0 Å². The van der Waals surface area contributed by atoms with Crippen LogP contribution >= 0.6 is 0 Å². The lowest BCUT2D eigenvalue weighted by molar-refractivity contribution is -0.151. The van der Waals surface area contributed by atoms with E-state index in [-0.39, 0.29) is 12.0 Å². The highest BCUT2D eigenvalue weighted by molar-refractivity contribution is 5.74. The average molecular weight is 328 g/mol. The summed E-state index contributed by atoms with van der Waals surface area (Å²) in [6, 6.07) is 7.61. The number of hydrogen-bond acceptors (Lipinski definition) is 5. The molecule has 0 aromatic heterocycles. The monoisotopic (exact) mass is 328 g/mol. The third kappa shape index (κ3) is 4.28. The van der Waals surface area contributed by atoms with Crippen LogP contribution in [0.4, 0.5) is 0 Å². The Morgan fingerprint density at radius 2 is 2.17 bits per heavy atom. The lowest BCUT2D eigenvalue weighted by Crippen LogP contribution is -2.39. The van der Waals surface area contributed by atoms with Crippen LogP contribution in [0.5, 0.6) is 5.75 Å². The van der Waals surface area contributed by atoms with Gasteiger partial charge >= 0.3 is 5.97 Å². The Morgan fingerprint density at radius 3 is 2.92 bits per heavy atom. The zero-order valence-electron chi connectivity index (χ0n) is 14.2. The molecule has 3 atom stereocenters. The summed E-state index contributed by atoms with van der Waals surface area (Å²) in [5.41, 5.74) is 7.00. The summed E-state index contributed by atoms with van der Waals surface area (Å²) in [4.78, 5) is 12.1. The molecule has 1 aromatic rings. The van der Waals surface area contributed by atoms with Crippen LogP contribution in [0.25, 0.3) is 0 Å². The van der Waals surface area contributed by atoms with Crippen molar-refractivity contribution in [1.82, 2.24) is 10.9 Å². The van der Waals surface area contributed by atoms with Crippen molar-refractivity contribution in [3.8, 4) is 17.6 Å². The molecule has 5 heteroatoms. The van der Waals surface area contributed by atoms with Gasteiger partial charge in [-0.2, -0.15) is 0 Å². The number of nitrogens with one attached hydrogen (secondary N) is 2. The first-order valence-corrected chi connectivity index (χ1v) is 8.60. The van der Waals surface area contributed by atoms with Crippen molar-refractivity contribution < 1.29 is 14.3 Å². The summed E-state index contributed by atoms with van der Waals surface area (Å²) in [5, 5.41) is 0. The first-order valence-electron chi connectivity index (χ1n) is 8.60. The number of esters is 1. The highest BCUT2D eigenvalue weighted by atomic mass is 16.5. The van der Waals surface area contributed by atoms with Crippen LogP contribution in [0.3, 0.4) is 0 Å². The van der Waals surface area contributed by atoms with Crippen LogP contribution in [0.1, 0.15) is 38.7 Å². The third-order valence-corrected chi connectivity index (χ3v) is 4.29. The van der Waals surface area contributed by atoms with Gasteiger partial charge < -0.3 is 9.47 Å². The van der Waals surface area contributed by atoms with Gasteiger partial charge in [-0.15, -0.1) is 0 Å². The van der Waals surface area contributed by atoms with Crippen LogP contribution in [0, 0.1) is 23.7 Å². The fourth-order valence-corrected chi connectivity index (χ4v) is 2.74. The van der Waals surface area contributed by atoms with Gasteiger partial charge in [0.2, 0.25) is 0 Å². The second kappa shape index (κ2) is 7.69. The molecule has 1 saturated carbocycles. The molecular weight excluding hydrogens is 304 g/mol. The molecule has 3 rings (SSSR count). The average Bonchev–Trinajstić information content (AvgIpc) is 3.31. The van der Waals surface area contributed by atoms with Gasteiger partial charge in [0.05, 0.1) is 6.61 Å². The number of ether oxygens (including phenoxy) is 2. The van der Waals surface area contributed by atoms with E-state index in [0.717, 1.165) is 17.9 Å². The van der Waals surface area contributed by atoms with Crippen molar-refractivity contribution in [2.75, 3.05) is 6.61 Å². The summed E-state index contributed by atoms with van der Waals surface area (Å²) >= 11 is 0. The smallest absolute Gasteiger partial charge is 0.315 e. The SMILES string of the molecule is CCOC(=O)C1C(C)NNC1Oc1cccc(C#CCC2CC2)c1. The molecule has 2 aliphatic rings. The molecule has 0 radical (unpaired) electrons. The van der Waals surface area contributed by atoms with Crippen molar-refractivity contribution in [2.45, 2.75) is 45.4 Å². The van der Waals surface area contributed by atoms with Crippen molar-refractivity contribution in [3.05, 3.63) is 29.8 Å². The van der Waals surface area contributed by atoms with E-state index in [9.17, 15) is 4.79 Å².